The van der Waals surface area contributed by atoms with Crippen LogP contribution in [0, 0.1) is 13.8 Å². The highest BCUT2D eigenvalue weighted by atomic mass is 35.5. The highest BCUT2D eigenvalue weighted by Gasteiger charge is 2.28. The minimum Gasteiger partial charge on any atom is -0.308 e. The zero-order valence-electron chi connectivity index (χ0n) is 9.46. The maximum Gasteiger partial charge on any atom is 0.255 e. The number of carbonyl (C=O) groups excluding carboxylic acids is 1. The largest absolute Gasteiger partial charge is 0.308 e. The Labute approximate surface area is 101 Å². The Bertz CT molecular complexity index is 445. The monoisotopic (exact) mass is 235 g/mol. The van der Waals surface area contributed by atoms with Crippen molar-refractivity contribution in [3.05, 3.63) is 40.4 Å². The summed E-state index contributed by atoms with van der Waals surface area (Å²) in [6, 6.07) is 6.06. The highest BCUT2D eigenvalue weighted by Crippen LogP contribution is 2.30. The van der Waals surface area contributed by atoms with Crippen molar-refractivity contribution >= 4 is 23.2 Å². The molecule has 0 unspecified atom stereocenters. The summed E-state index contributed by atoms with van der Waals surface area (Å²) in [5.41, 5.74) is 5.38. The van der Waals surface area contributed by atoms with Gasteiger partial charge in [0.15, 0.2) is 0 Å². The van der Waals surface area contributed by atoms with Crippen LogP contribution >= 0.6 is 11.6 Å². The molecule has 0 atom stereocenters. The highest BCUT2D eigenvalue weighted by molar-refractivity contribution is 6.28. The van der Waals surface area contributed by atoms with Crippen LogP contribution in [0.4, 0.5) is 5.69 Å². The van der Waals surface area contributed by atoms with Gasteiger partial charge in [0.2, 0.25) is 0 Å². The molecule has 84 valence electrons. The van der Waals surface area contributed by atoms with Crippen molar-refractivity contribution in [1.82, 2.24) is 0 Å². The van der Waals surface area contributed by atoms with Gasteiger partial charge in [-0.25, -0.2) is 0 Å². The molecular formula is C13H14ClNO. The predicted molar refractivity (Wildman–Crippen MR) is 66.8 cm³/mol. The number of para-hydroxylation sites is 1. The molecule has 16 heavy (non-hydrogen) atoms. The smallest absolute Gasteiger partial charge is 0.255 e. The van der Waals surface area contributed by atoms with Crippen molar-refractivity contribution in [3.63, 3.8) is 0 Å². The fourth-order valence-electron chi connectivity index (χ4n) is 2.16. The zero-order valence-corrected chi connectivity index (χ0v) is 10.2. The van der Waals surface area contributed by atoms with E-state index in [1.165, 1.54) is 5.54 Å². The first-order chi connectivity index (χ1) is 7.65. The maximum atomic E-state index is 12.0. The van der Waals surface area contributed by atoms with Crippen LogP contribution in [0.2, 0.25) is 0 Å². The molecule has 0 spiro atoms. The Balaban J connectivity index is 2.43. The van der Waals surface area contributed by atoms with E-state index in [0.717, 1.165) is 29.8 Å². The minimum atomic E-state index is 0.0346. The van der Waals surface area contributed by atoms with E-state index in [2.05, 4.69) is 0 Å². The van der Waals surface area contributed by atoms with Crippen molar-refractivity contribution in [2.24, 2.45) is 0 Å². The van der Waals surface area contributed by atoms with Gasteiger partial charge in [0.05, 0.1) is 0 Å². The number of nitrogens with zero attached hydrogens (tertiary/aromatic N) is 1. The lowest BCUT2D eigenvalue weighted by Crippen LogP contribution is -2.26. The molecule has 1 heterocycles. The third-order valence-corrected chi connectivity index (χ3v) is 3.23. The molecule has 1 amide bonds. The van der Waals surface area contributed by atoms with Gasteiger partial charge in [0.1, 0.15) is 0 Å². The Morgan fingerprint density at radius 2 is 1.94 bits per heavy atom. The summed E-state index contributed by atoms with van der Waals surface area (Å²) in [6.07, 6.45) is 0.732. The minimum absolute atomic E-state index is 0.0346. The lowest BCUT2D eigenvalue weighted by molar-refractivity contribution is -0.114. The Hall–Kier alpha value is -1.28. The van der Waals surface area contributed by atoms with Crippen molar-refractivity contribution in [3.8, 4) is 0 Å². The number of benzene rings is 1. The molecule has 0 aliphatic carbocycles. The van der Waals surface area contributed by atoms with E-state index in [4.69, 9.17) is 11.6 Å². The summed E-state index contributed by atoms with van der Waals surface area (Å²) >= 11 is 5.63. The number of halogens is 1. The summed E-state index contributed by atoms with van der Waals surface area (Å²) in [5.74, 6) is 0.0346. The van der Waals surface area contributed by atoms with Gasteiger partial charge < -0.3 is 4.90 Å². The summed E-state index contributed by atoms with van der Waals surface area (Å²) in [7, 11) is 0. The van der Waals surface area contributed by atoms with Gasteiger partial charge in [-0.2, -0.15) is 0 Å². The van der Waals surface area contributed by atoms with Crippen molar-refractivity contribution in [2.45, 2.75) is 20.3 Å². The van der Waals surface area contributed by atoms with E-state index in [9.17, 15) is 4.79 Å². The second-order valence-corrected chi connectivity index (χ2v) is 4.30. The third-order valence-electron chi connectivity index (χ3n) is 2.97. The number of anilines is 1. The van der Waals surface area contributed by atoms with Crippen molar-refractivity contribution in [1.29, 1.82) is 0 Å². The second-order valence-electron chi connectivity index (χ2n) is 4.08. The van der Waals surface area contributed by atoms with Crippen LogP contribution in [0.3, 0.4) is 0 Å². The molecule has 0 N–H and O–H groups in total. The van der Waals surface area contributed by atoms with E-state index >= 15 is 0 Å². The van der Waals surface area contributed by atoms with Crippen LogP contribution < -0.4 is 4.90 Å². The molecule has 2 rings (SSSR count). The van der Waals surface area contributed by atoms with Crippen LogP contribution in [-0.2, 0) is 4.79 Å². The maximum absolute atomic E-state index is 12.0. The predicted octanol–water partition coefficient (Wildman–Crippen LogP) is 3.16. The van der Waals surface area contributed by atoms with Gasteiger partial charge in [0, 0.05) is 23.3 Å². The lowest BCUT2D eigenvalue weighted by atomic mass is 10.1. The molecule has 1 aromatic carbocycles. The Morgan fingerprint density at radius 1 is 1.31 bits per heavy atom. The first kappa shape index (κ1) is 11.2. The molecule has 1 aliphatic rings. The second kappa shape index (κ2) is 4.30. The quantitative estimate of drug-likeness (QED) is 0.685. The zero-order chi connectivity index (χ0) is 11.7. The standard InChI is InChI=1S/C13H14ClNO/c1-9-4-3-5-10(2)12(9)15-7-6-11(8-14)13(15)16/h3-5,8H,6-7H2,1-2H3/b11-8-. The van der Waals surface area contributed by atoms with E-state index < -0.39 is 0 Å². The molecule has 1 fully saturated rings. The Kier molecular flexibility index (Phi) is 3.01. The number of rotatable bonds is 1. The molecular weight excluding hydrogens is 222 g/mol. The topological polar surface area (TPSA) is 20.3 Å². The van der Waals surface area contributed by atoms with Gasteiger partial charge in [-0.05, 0) is 31.4 Å². The van der Waals surface area contributed by atoms with Gasteiger partial charge in [-0.15, -0.1) is 0 Å². The van der Waals surface area contributed by atoms with Gasteiger partial charge in [-0.3, -0.25) is 4.79 Å². The fraction of sp³-hybridized carbons (Fsp3) is 0.308. The SMILES string of the molecule is Cc1cccc(C)c1N1CC/C(=C/Cl)C1=O. The molecule has 0 bridgehead atoms. The van der Waals surface area contributed by atoms with E-state index in [1.54, 1.807) is 0 Å². The lowest BCUT2D eigenvalue weighted by Gasteiger charge is -2.20. The van der Waals surface area contributed by atoms with Gasteiger partial charge >= 0.3 is 0 Å². The molecule has 0 saturated carbocycles. The average molecular weight is 236 g/mol. The van der Waals surface area contributed by atoms with Gasteiger partial charge in [-0.1, -0.05) is 29.8 Å². The first-order valence-electron chi connectivity index (χ1n) is 5.32. The van der Waals surface area contributed by atoms with Crippen molar-refractivity contribution < 1.29 is 4.79 Å². The summed E-state index contributed by atoms with van der Waals surface area (Å²) in [6.45, 7) is 4.78. The van der Waals surface area contributed by atoms with Crippen LogP contribution in [0.25, 0.3) is 0 Å². The van der Waals surface area contributed by atoms with Gasteiger partial charge in [0.25, 0.3) is 5.91 Å². The molecule has 0 radical (unpaired) electrons. The molecule has 0 aromatic heterocycles. The van der Waals surface area contributed by atoms with Crippen LogP contribution in [0.1, 0.15) is 17.5 Å². The van der Waals surface area contributed by atoms with Crippen molar-refractivity contribution in [2.75, 3.05) is 11.4 Å². The van der Waals surface area contributed by atoms with Crippen LogP contribution in [0.5, 0.6) is 0 Å². The molecule has 3 heteroatoms. The van der Waals surface area contributed by atoms with Crippen LogP contribution in [-0.4, -0.2) is 12.5 Å². The van der Waals surface area contributed by atoms with E-state index in [-0.39, 0.29) is 5.91 Å². The van der Waals surface area contributed by atoms with E-state index in [1.807, 2.05) is 36.9 Å². The number of amides is 1. The normalized spacial score (nSPS) is 18.6. The number of carbonyl (C=O) groups is 1. The number of hydrogen-bond donors (Lipinski definition) is 0. The fourth-order valence-corrected chi connectivity index (χ4v) is 2.36. The average Bonchev–Trinajstić information content (AvgIpc) is 2.60. The molecule has 1 aliphatic heterocycles. The van der Waals surface area contributed by atoms with Crippen LogP contribution in [0.15, 0.2) is 29.3 Å². The first-order valence-corrected chi connectivity index (χ1v) is 5.76. The molecule has 1 saturated heterocycles. The Morgan fingerprint density at radius 3 is 2.44 bits per heavy atom. The summed E-state index contributed by atoms with van der Waals surface area (Å²) in [5, 5.41) is 0. The molecule has 1 aromatic rings. The number of hydrogen-bond acceptors (Lipinski definition) is 1. The third kappa shape index (κ3) is 1.74. The summed E-state index contributed by atoms with van der Waals surface area (Å²) in [4.78, 5) is 13.8. The number of aryl methyl sites for hydroxylation is 2. The van der Waals surface area contributed by atoms with E-state index in [0.29, 0.717) is 5.57 Å². The summed E-state index contributed by atoms with van der Waals surface area (Å²) < 4.78 is 0. The molecule has 2 nitrogen and oxygen atoms in total.